The zero-order chi connectivity index (χ0) is 13.9. The number of benzene rings is 1. The molecular formula is C12H15ClN2O2S. The summed E-state index contributed by atoms with van der Waals surface area (Å²) >= 11 is 10.6. The van der Waals surface area contributed by atoms with Gasteiger partial charge in [0.05, 0.1) is 16.6 Å². The van der Waals surface area contributed by atoms with Crippen LogP contribution in [0.1, 0.15) is 24.2 Å². The number of phenolic OH excluding ortho intramolecular Hbond substituents is 1. The van der Waals surface area contributed by atoms with Crippen molar-refractivity contribution in [1.82, 2.24) is 4.90 Å². The molecule has 1 aromatic rings. The summed E-state index contributed by atoms with van der Waals surface area (Å²) in [6, 6.07) is 4.29. The average molecular weight is 287 g/mol. The number of nitrogens with two attached hydrogens (primary N) is 1. The van der Waals surface area contributed by atoms with E-state index >= 15 is 0 Å². The number of rotatable bonds is 4. The van der Waals surface area contributed by atoms with Crippen LogP contribution in [0, 0.1) is 0 Å². The van der Waals surface area contributed by atoms with Crippen molar-refractivity contribution in [1.29, 1.82) is 0 Å². The Hall–Kier alpha value is -1.33. The summed E-state index contributed by atoms with van der Waals surface area (Å²) in [6.07, 6.45) is 0. The maximum Gasteiger partial charge on any atom is 0.254 e. The molecule has 6 heteroatoms. The van der Waals surface area contributed by atoms with Crippen LogP contribution in [0.5, 0.6) is 5.75 Å². The van der Waals surface area contributed by atoms with Gasteiger partial charge in [0, 0.05) is 11.6 Å². The van der Waals surface area contributed by atoms with E-state index in [4.69, 9.17) is 29.6 Å². The Bertz CT molecular complexity index is 477. The number of phenols is 1. The van der Waals surface area contributed by atoms with E-state index in [2.05, 4.69) is 0 Å². The Labute approximate surface area is 116 Å². The van der Waals surface area contributed by atoms with Crippen molar-refractivity contribution >= 4 is 34.7 Å². The molecule has 0 saturated heterocycles. The summed E-state index contributed by atoms with van der Waals surface area (Å²) in [5, 5.41) is 9.46. The van der Waals surface area contributed by atoms with Gasteiger partial charge in [-0.15, -0.1) is 0 Å². The van der Waals surface area contributed by atoms with Crippen molar-refractivity contribution in [3.05, 3.63) is 28.8 Å². The third kappa shape index (κ3) is 3.58. The number of amides is 1. The second-order valence-corrected chi connectivity index (χ2v) is 5.09. The van der Waals surface area contributed by atoms with E-state index in [1.165, 1.54) is 18.2 Å². The number of aromatic hydroxyl groups is 1. The van der Waals surface area contributed by atoms with Crippen molar-refractivity contribution in [2.24, 2.45) is 5.73 Å². The summed E-state index contributed by atoms with van der Waals surface area (Å²) in [5.74, 6) is -0.279. The summed E-state index contributed by atoms with van der Waals surface area (Å²) in [5.41, 5.74) is 5.86. The molecule has 0 radical (unpaired) electrons. The third-order valence-corrected chi connectivity index (χ3v) is 2.84. The van der Waals surface area contributed by atoms with Crippen LogP contribution in [0.2, 0.25) is 5.02 Å². The van der Waals surface area contributed by atoms with Crippen LogP contribution in [0.25, 0.3) is 0 Å². The number of halogens is 1. The Balaban J connectivity index is 3.02. The van der Waals surface area contributed by atoms with Crippen LogP contribution in [0.4, 0.5) is 0 Å². The first-order valence-electron chi connectivity index (χ1n) is 5.40. The van der Waals surface area contributed by atoms with Crippen LogP contribution in [-0.2, 0) is 0 Å². The first kappa shape index (κ1) is 14.7. The number of carbonyl (C=O) groups excluding carboxylic acids is 1. The van der Waals surface area contributed by atoms with E-state index in [0.29, 0.717) is 5.56 Å². The number of nitrogens with zero attached hydrogens (tertiary/aromatic N) is 1. The summed E-state index contributed by atoms with van der Waals surface area (Å²) in [7, 11) is 0. The molecule has 0 aliphatic heterocycles. The van der Waals surface area contributed by atoms with Gasteiger partial charge in [0.2, 0.25) is 0 Å². The van der Waals surface area contributed by atoms with Gasteiger partial charge >= 0.3 is 0 Å². The average Bonchev–Trinajstić information content (AvgIpc) is 2.28. The van der Waals surface area contributed by atoms with E-state index in [-0.39, 0.29) is 34.3 Å². The number of thiocarbonyl (C=S) groups is 1. The zero-order valence-electron chi connectivity index (χ0n) is 10.2. The fraction of sp³-hybridized carbons (Fsp3) is 0.333. The minimum absolute atomic E-state index is 0.0356. The Morgan fingerprint density at radius 3 is 2.61 bits per heavy atom. The molecule has 0 heterocycles. The van der Waals surface area contributed by atoms with Gasteiger partial charge in [0.15, 0.2) is 0 Å². The largest absolute Gasteiger partial charge is 0.506 e. The van der Waals surface area contributed by atoms with E-state index in [1.807, 2.05) is 13.8 Å². The fourth-order valence-corrected chi connectivity index (χ4v) is 1.78. The second kappa shape index (κ2) is 6.02. The van der Waals surface area contributed by atoms with Crippen LogP contribution in [0.3, 0.4) is 0 Å². The Morgan fingerprint density at radius 1 is 1.56 bits per heavy atom. The van der Waals surface area contributed by atoms with Crippen molar-refractivity contribution in [2.45, 2.75) is 19.9 Å². The molecule has 98 valence electrons. The van der Waals surface area contributed by atoms with Gasteiger partial charge in [-0.25, -0.2) is 0 Å². The third-order valence-electron chi connectivity index (χ3n) is 2.41. The van der Waals surface area contributed by atoms with Crippen molar-refractivity contribution < 1.29 is 9.90 Å². The van der Waals surface area contributed by atoms with Crippen molar-refractivity contribution in [3.8, 4) is 5.75 Å². The minimum Gasteiger partial charge on any atom is -0.506 e. The molecule has 0 unspecified atom stereocenters. The van der Waals surface area contributed by atoms with Crippen molar-refractivity contribution in [2.75, 3.05) is 6.54 Å². The predicted octanol–water partition coefficient (Wildman–Crippen LogP) is 2.18. The van der Waals surface area contributed by atoms with Crippen LogP contribution in [-0.4, -0.2) is 33.5 Å². The van der Waals surface area contributed by atoms with E-state index in [9.17, 15) is 9.90 Å². The van der Waals surface area contributed by atoms with Gasteiger partial charge in [-0.1, -0.05) is 23.8 Å². The van der Waals surface area contributed by atoms with Gasteiger partial charge < -0.3 is 15.7 Å². The van der Waals surface area contributed by atoms with Crippen LogP contribution < -0.4 is 5.73 Å². The first-order chi connectivity index (χ1) is 8.32. The summed E-state index contributed by atoms with van der Waals surface area (Å²) in [4.78, 5) is 14.1. The van der Waals surface area contributed by atoms with E-state index in [1.54, 1.807) is 4.90 Å². The Morgan fingerprint density at radius 2 is 2.17 bits per heavy atom. The highest BCUT2D eigenvalue weighted by Gasteiger charge is 2.20. The quantitative estimate of drug-likeness (QED) is 0.833. The molecular weight excluding hydrogens is 272 g/mol. The molecule has 0 aliphatic rings. The molecule has 0 spiro atoms. The highest BCUT2D eigenvalue weighted by Crippen LogP contribution is 2.24. The molecule has 4 nitrogen and oxygen atoms in total. The second-order valence-electron chi connectivity index (χ2n) is 4.16. The SMILES string of the molecule is CC(C)N(CC(N)=S)C(=O)c1ccc(O)c(Cl)c1. The molecule has 1 rings (SSSR count). The summed E-state index contributed by atoms with van der Waals surface area (Å²) < 4.78 is 0. The lowest BCUT2D eigenvalue weighted by Crippen LogP contribution is -2.42. The highest BCUT2D eigenvalue weighted by atomic mass is 35.5. The molecule has 0 aromatic heterocycles. The van der Waals surface area contributed by atoms with Gasteiger partial charge in [-0.3, -0.25) is 4.79 Å². The van der Waals surface area contributed by atoms with Crippen LogP contribution in [0.15, 0.2) is 18.2 Å². The lowest BCUT2D eigenvalue weighted by molar-refractivity contribution is 0.0736. The monoisotopic (exact) mass is 286 g/mol. The molecule has 0 fully saturated rings. The molecule has 0 atom stereocenters. The lowest BCUT2D eigenvalue weighted by Gasteiger charge is -2.26. The molecule has 0 saturated carbocycles. The molecule has 0 aliphatic carbocycles. The van der Waals surface area contributed by atoms with Gasteiger partial charge in [-0.05, 0) is 32.0 Å². The fourth-order valence-electron chi connectivity index (χ4n) is 1.46. The topological polar surface area (TPSA) is 66.6 Å². The van der Waals surface area contributed by atoms with Gasteiger partial charge in [0.25, 0.3) is 5.91 Å². The molecule has 0 bridgehead atoms. The number of carbonyl (C=O) groups is 1. The molecule has 3 N–H and O–H groups in total. The summed E-state index contributed by atoms with van der Waals surface area (Å²) in [6.45, 7) is 3.96. The first-order valence-corrected chi connectivity index (χ1v) is 6.19. The molecule has 1 amide bonds. The smallest absolute Gasteiger partial charge is 0.254 e. The molecule has 18 heavy (non-hydrogen) atoms. The Kier molecular flexibility index (Phi) is 4.93. The van der Waals surface area contributed by atoms with Crippen molar-refractivity contribution in [3.63, 3.8) is 0 Å². The van der Waals surface area contributed by atoms with Crippen LogP contribution >= 0.6 is 23.8 Å². The number of hydrogen-bond donors (Lipinski definition) is 2. The number of hydrogen-bond acceptors (Lipinski definition) is 3. The maximum absolute atomic E-state index is 12.3. The van der Waals surface area contributed by atoms with Gasteiger partial charge in [-0.2, -0.15) is 0 Å². The van der Waals surface area contributed by atoms with Gasteiger partial charge in [0.1, 0.15) is 5.75 Å². The van der Waals surface area contributed by atoms with E-state index < -0.39 is 0 Å². The predicted molar refractivity (Wildman–Crippen MR) is 76.1 cm³/mol. The lowest BCUT2D eigenvalue weighted by atomic mass is 10.1. The zero-order valence-corrected chi connectivity index (χ0v) is 11.8. The highest BCUT2D eigenvalue weighted by molar-refractivity contribution is 7.80. The minimum atomic E-state index is -0.222. The molecule has 1 aromatic carbocycles. The van der Waals surface area contributed by atoms with E-state index in [0.717, 1.165) is 0 Å². The standard InChI is InChI=1S/C12H15ClN2O2S/c1-7(2)15(6-11(14)18)12(17)8-3-4-10(16)9(13)5-8/h3-5,7,16H,6H2,1-2H3,(H2,14,18). The maximum atomic E-state index is 12.3. The normalized spacial score (nSPS) is 10.4.